The smallest absolute Gasteiger partial charge is 0.253 e. The Kier molecular flexibility index (Phi) is 5.16. The van der Waals surface area contributed by atoms with Crippen molar-refractivity contribution in [3.05, 3.63) is 58.8 Å². The van der Waals surface area contributed by atoms with Gasteiger partial charge in [-0.2, -0.15) is 0 Å². The first kappa shape index (κ1) is 21.6. The van der Waals surface area contributed by atoms with Crippen LogP contribution in [0.3, 0.4) is 0 Å². The summed E-state index contributed by atoms with van der Waals surface area (Å²) < 4.78 is 0. The zero-order valence-electron chi connectivity index (χ0n) is 20.2. The predicted molar refractivity (Wildman–Crippen MR) is 132 cm³/mol. The van der Waals surface area contributed by atoms with E-state index in [1.54, 1.807) is 0 Å². The van der Waals surface area contributed by atoms with Crippen molar-refractivity contribution >= 4 is 17.6 Å². The van der Waals surface area contributed by atoms with Crippen molar-refractivity contribution in [1.82, 2.24) is 15.2 Å². The second kappa shape index (κ2) is 8.10. The second-order valence-corrected chi connectivity index (χ2v) is 11.3. The number of piperazine rings is 1. The number of pyridine rings is 1. The van der Waals surface area contributed by atoms with Crippen molar-refractivity contribution in [2.75, 3.05) is 31.1 Å². The molecule has 2 aliphatic heterocycles. The summed E-state index contributed by atoms with van der Waals surface area (Å²) in [6.45, 7) is 7.14. The fraction of sp³-hybridized carbons (Fsp3) is 0.536. The minimum Gasteiger partial charge on any atom is -0.353 e. The Labute approximate surface area is 201 Å². The van der Waals surface area contributed by atoms with E-state index in [-0.39, 0.29) is 23.3 Å². The Balaban J connectivity index is 1.10. The van der Waals surface area contributed by atoms with Crippen LogP contribution in [-0.4, -0.2) is 53.4 Å². The maximum atomic E-state index is 13.2. The highest BCUT2D eigenvalue weighted by Crippen LogP contribution is 2.47. The normalized spacial score (nSPS) is 24.3. The van der Waals surface area contributed by atoms with Gasteiger partial charge in [-0.25, -0.2) is 4.98 Å². The van der Waals surface area contributed by atoms with Gasteiger partial charge in [0.25, 0.3) is 5.91 Å². The molecule has 1 unspecified atom stereocenters. The van der Waals surface area contributed by atoms with Crippen molar-refractivity contribution in [3.63, 3.8) is 0 Å². The summed E-state index contributed by atoms with van der Waals surface area (Å²) in [6, 6.07) is 10.1. The number of nitrogens with one attached hydrogen (secondary N) is 1. The molecule has 2 saturated heterocycles. The number of amides is 2. The molecule has 1 aromatic carbocycles. The molecule has 178 valence electrons. The highest BCUT2D eigenvalue weighted by Gasteiger charge is 2.38. The van der Waals surface area contributed by atoms with Crippen molar-refractivity contribution in [1.29, 1.82) is 0 Å². The Hall–Kier alpha value is -2.89. The van der Waals surface area contributed by atoms with Crippen molar-refractivity contribution in [2.45, 2.75) is 69.2 Å². The average molecular weight is 459 g/mol. The molecule has 4 fully saturated rings. The third kappa shape index (κ3) is 4.19. The highest BCUT2D eigenvalue weighted by atomic mass is 16.2. The number of carbonyl (C=O) groups excluding carboxylic acids is 2. The van der Waals surface area contributed by atoms with E-state index in [0.717, 1.165) is 36.8 Å². The molecule has 4 aliphatic rings. The minimum atomic E-state index is -0.178. The van der Waals surface area contributed by atoms with Crippen molar-refractivity contribution < 1.29 is 9.59 Å². The number of rotatable bonds is 5. The van der Waals surface area contributed by atoms with Crippen LogP contribution >= 0.6 is 0 Å². The molecule has 2 saturated carbocycles. The van der Waals surface area contributed by atoms with Gasteiger partial charge in [0.05, 0.1) is 5.92 Å². The number of anilines is 1. The van der Waals surface area contributed by atoms with Crippen LogP contribution in [0, 0.1) is 0 Å². The maximum Gasteiger partial charge on any atom is 0.253 e. The van der Waals surface area contributed by atoms with E-state index in [9.17, 15) is 9.59 Å². The van der Waals surface area contributed by atoms with Crippen LogP contribution < -0.4 is 10.2 Å². The lowest BCUT2D eigenvalue weighted by Crippen LogP contribution is -2.49. The Morgan fingerprint density at radius 2 is 1.65 bits per heavy atom. The molecule has 6 heteroatoms. The van der Waals surface area contributed by atoms with Crippen LogP contribution in [0.5, 0.6) is 0 Å². The lowest BCUT2D eigenvalue weighted by molar-refractivity contribution is -0.120. The lowest BCUT2D eigenvalue weighted by Gasteiger charge is -2.36. The van der Waals surface area contributed by atoms with Crippen LogP contribution in [0.1, 0.15) is 90.8 Å². The van der Waals surface area contributed by atoms with Crippen LogP contribution in [0.25, 0.3) is 0 Å². The highest BCUT2D eigenvalue weighted by molar-refractivity contribution is 5.95. The van der Waals surface area contributed by atoms with Gasteiger partial charge in [-0.15, -0.1) is 0 Å². The van der Waals surface area contributed by atoms with Gasteiger partial charge < -0.3 is 15.1 Å². The molecule has 6 rings (SSSR count). The Bertz CT molecular complexity index is 1110. The van der Waals surface area contributed by atoms with Crippen LogP contribution in [0.15, 0.2) is 36.5 Å². The average Bonchev–Trinajstić information content (AvgIpc) is 3.76. The minimum absolute atomic E-state index is 0.0712. The summed E-state index contributed by atoms with van der Waals surface area (Å²) in [5.74, 6) is 2.55. The molecule has 1 N–H and O–H groups in total. The predicted octanol–water partition coefficient (Wildman–Crippen LogP) is 4.18. The topological polar surface area (TPSA) is 65.5 Å². The van der Waals surface area contributed by atoms with Gasteiger partial charge in [-0.05, 0) is 86.6 Å². The van der Waals surface area contributed by atoms with Gasteiger partial charge >= 0.3 is 0 Å². The number of benzene rings is 1. The molecule has 0 radical (unpaired) electrons. The third-order valence-corrected chi connectivity index (χ3v) is 7.90. The fourth-order valence-corrected chi connectivity index (χ4v) is 5.60. The first-order valence-corrected chi connectivity index (χ1v) is 12.8. The summed E-state index contributed by atoms with van der Waals surface area (Å²) >= 11 is 0. The SMILES string of the molecule is CC1(C)CC(c2ccc(C(=O)N3CCN(c4ncc(C5CC5)cc4C4CC4)CC3)cc2)C(=O)N1. The van der Waals surface area contributed by atoms with E-state index in [2.05, 4.69) is 22.5 Å². The zero-order chi connectivity index (χ0) is 23.4. The number of carbonyl (C=O) groups is 2. The monoisotopic (exact) mass is 458 g/mol. The largest absolute Gasteiger partial charge is 0.353 e. The van der Waals surface area contributed by atoms with Gasteiger partial charge in [0.2, 0.25) is 5.91 Å². The van der Waals surface area contributed by atoms with Gasteiger partial charge in [0, 0.05) is 43.5 Å². The second-order valence-electron chi connectivity index (χ2n) is 11.3. The number of nitrogens with zero attached hydrogens (tertiary/aromatic N) is 3. The lowest BCUT2D eigenvalue weighted by atomic mass is 9.90. The van der Waals surface area contributed by atoms with E-state index >= 15 is 0 Å². The van der Waals surface area contributed by atoms with E-state index in [1.165, 1.54) is 36.8 Å². The third-order valence-electron chi connectivity index (χ3n) is 7.90. The zero-order valence-corrected chi connectivity index (χ0v) is 20.2. The van der Waals surface area contributed by atoms with Gasteiger partial charge in [-0.3, -0.25) is 9.59 Å². The quantitative estimate of drug-likeness (QED) is 0.730. The summed E-state index contributed by atoms with van der Waals surface area (Å²) in [7, 11) is 0. The van der Waals surface area contributed by atoms with Crippen LogP contribution in [0.4, 0.5) is 5.82 Å². The molecule has 0 spiro atoms. The van der Waals surface area contributed by atoms with Crippen molar-refractivity contribution in [2.24, 2.45) is 0 Å². The molecule has 6 nitrogen and oxygen atoms in total. The standard InChI is InChI=1S/C28H34N4O2/c1-28(2)16-24(26(33)30-28)20-7-9-21(10-8-20)27(34)32-13-11-31(12-14-32)25-23(19-5-6-19)15-22(17-29-25)18-3-4-18/h7-10,15,17-19,24H,3-6,11-14,16H2,1-2H3,(H,30,33). The summed E-state index contributed by atoms with van der Waals surface area (Å²) in [6.07, 6.45) is 8.02. The molecule has 2 amide bonds. The molecular weight excluding hydrogens is 424 g/mol. The van der Waals surface area contributed by atoms with Crippen LogP contribution in [-0.2, 0) is 4.79 Å². The molecule has 2 aliphatic carbocycles. The van der Waals surface area contributed by atoms with E-state index in [1.807, 2.05) is 43.0 Å². The van der Waals surface area contributed by atoms with Crippen LogP contribution in [0.2, 0.25) is 0 Å². The number of aromatic nitrogens is 1. The molecule has 0 bridgehead atoms. The van der Waals surface area contributed by atoms with Gasteiger partial charge in [0.1, 0.15) is 5.82 Å². The molecule has 2 aromatic rings. The molecule has 1 atom stereocenters. The Morgan fingerprint density at radius 1 is 0.971 bits per heavy atom. The number of hydrogen-bond donors (Lipinski definition) is 1. The Morgan fingerprint density at radius 3 is 2.24 bits per heavy atom. The molecular formula is C28H34N4O2. The summed E-state index contributed by atoms with van der Waals surface area (Å²) in [4.78, 5) is 34.7. The first-order valence-electron chi connectivity index (χ1n) is 12.8. The van der Waals surface area contributed by atoms with E-state index < -0.39 is 0 Å². The van der Waals surface area contributed by atoms with E-state index in [0.29, 0.717) is 24.6 Å². The van der Waals surface area contributed by atoms with E-state index in [4.69, 9.17) is 4.98 Å². The van der Waals surface area contributed by atoms with Crippen molar-refractivity contribution in [3.8, 4) is 0 Å². The first-order chi connectivity index (χ1) is 16.4. The van der Waals surface area contributed by atoms with Gasteiger partial charge in [-0.1, -0.05) is 18.2 Å². The number of hydrogen-bond acceptors (Lipinski definition) is 4. The maximum absolute atomic E-state index is 13.2. The molecule has 1 aromatic heterocycles. The molecule has 34 heavy (non-hydrogen) atoms. The summed E-state index contributed by atoms with van der Waals surface area (Å²) in [5.41, 5.74) is 4.35. The van der Waals surface area contributed by atoms with Gasteiger partial charge in [0.15, 0.2) is 0 Å². The molecule has 3 heterocycles. The summed E-state index contributed by atoms with van der Waals surface area (Å²) in [5, 5.41) is 3.05. The fourth-order valence-electron chi connectivity index (χ4n) is 5.60.